The van der Waals surface area contributed by atoms with Crippen molar-refractivity contribution in [3.8, 4) is 11.5 Å². The molecule has 4 rings (SSSR count). The second kappa shape index (κ2) is 12.2. The first-order chi connectivity index (χ1) is 18.2. The van der Waals surface area contributed by atoms with Crippen molar-refractivity contribution in [3.63, 3.8) is 0 Å². The maximum Gasteiger partial charge on any atom is 0.258 e. The lowest BCUT2D eigenvalue weighted by Gasteiger charge is -2.40. The van der Waals surface area contributed by atoms with Gasteiger partial charge in [-0.3, -0.25) is 9.59 Å². The minimum absolute atomic E-state index is 0.0489. The third kappa shape index (κ3) is 6.13. The lowest BCUT2D eigenvalue weighted by Crippen LogP contribution is -2.51. The van der Waals surface area contributed by atoms with Crippen LogP contribution in [0, 0.1) is 0 Å². The molecule has 0 aromatic heterocycles. The predicted molar refractivity (Wildman–Crippen MR) is 144 cm³/mol. The van der Waals surface area contributed by atoms with Crippen LogP contribution in [0.1, 0.15) is 72.6 Å². The van der Waals surface area contributed by atoms with Gasteiger partial charge in [0.25, 0.3) is 11.8 Å². The molecule has 1 aliphatic heterocycles. The second-order valence-corrected chi connectivity index (χ2v) is 11.4. The molecule has 0 spiro atoms. The molecular formula is C28H37N3O6S. The van der Waals surface area contributed by atoms with Crippen LogP contribution in [0.5, 0.6) is 11.5 Å². The zero-order valence-electron chi connectivity index (χ0n) is 22.1. The summed E-state index contributed by atoms with van der Waals surface area (Å²) in [5.41, 5.74) is 0.679. The van der Waals surface area contributed by atoms with E-state index in [2.05, 4.69) is 0 Å². The SMILES string of the molecule is CCN1CCCCCN(C(=O)c2cc(S(N)(=O)=O)ccc2OC)[C@@H]2CCCC[C@@H]2Oc2ccccc2C1=O. The summed E-state index contributed by atoms with van der Waals surface area (Å²) in [6.07, 6.45) is 5.44. The van der Waals surface area contributed by atoms with E-state index in [1.807, 2.05) is 34.9 Å². The van der Waals surface area contributed by atoms with E-state index in [0.29, 0.717) is 30.9 Å². The summed E-state index contributed by atoms with van der Waals surface area (Å²) in [7, 11) is -2.56. The first-order valence-corrected chi connectivity index (χ1v) is 14.9. The molecule has 2 aliphatic rings. The minimum Gasteiger partial charge on any atom is -0.496 e. The van der Waals surface area contributed by atoms with Crippen molar-refractivity contribution < 1.29 is 27.5 Å². The van der Waals surface area contributed by atoms with Gasteiger partial charge in [0.1, 0.15) is 17.6 Å². The van der Waals surface area contributed by atoms with E-state index in [9.17, 15) is 18.0 Å². The topological polar surface area (TPSA) is 119 Å². The number of hydrogen-bond acceptors (Lipinski definition) is 6. The van der Waals surface area contributed by atoms with Gasteiger partial charge >= 0.3 is 0 Å². The van der Waals surface area contributed by atoms with Crippen LogP contribution in [-0.2, 0) is 10.0 Å². The third-order valence-electron chi connectivity index (χ3n) is 7.45. The summed E-state index contributed by atoms with van der Waals surface area (Å²) in [6.45, 7) is 3.67. The zero-order valence-corrected chi connectivity index (χ0v) is 22.9. The van der Waals surface area contributed by atoms with E-state index < -0.39 is 10.0 Å². The van der Waals surface area contributed by atoms with Crippen LogP contribution in [0.3, 0.4) is 0 Å². The molecule has 1 aliphatic carbocycles. The van der Waals surface area contributed by atoms with Gasteiger partial charge in [0.2, 0.25) is 10.0 Å². The molecular weight excluding hydrogens is 506 g/mol. The highest BCUT2D eigenvalue weighted by Gasteiger charge is 2.36. The Morgan fingerprint density at radius 1 is 1.05 bits per heavy atom. The van der Waals surface area contributed by atoms with Crippen molar-refractivity contribution in [1.29, 1.82) is 0 Å². The van der Waals surface area contributed by atoms with Gasteiger partial charge in [0.15, 0.2) is 0 Å². The number of amides is 2. The number of benzene rings is 2. The van der Waals surface area contributed by atoms with Gasteiger partial charge in [0.05, 0.1) is 29.2 Å². The Morgan fingerprint density at radius 3 is 2.53 bits per heavy atom. The normalized spacial score (nSPS) is 21.2. The van der Waals surface area contributed by atoms with Crippen molar-refractivity contribution in [1.82, 2.24) is 9.80 Å². The zero-order chi connectivity index (χ0) is 27.3. The highest BCUT2D eigenvalue weighted by atomic mass is 32.2. The van der Waals surface area contributed by atoms with Crippen LogP contribution in [0.15, 0.2) is 47.4 Å². The summed E-state index contributed by atoms with van der Waals surface area (Å²) in [6, 6.07) is 11.2. The standard InChI is InChI=1S/C28H37N3O6S/c1-3-30-17-9-4-10-18-31(28(33)22-19-20(38(29,34)35)15-16-24(22)36-2)23-12-6-8-14-26(23)37-25-13-7-5-11-21(25)27(30)32/h5,7,11,13,15-16,19,23,26H,3-4,6,8-10,12,14,17-18H2,1-2H3,(H2,29,34,35)/t23-,26+/m1/s1. The summed E-state index contributed by atoms with van der Waals surface area (Å²) < 4.78 is 36.1. The number of hydrogen-bond donors (Lipinski definition) is 1. The fourth-order valence-corrected chi connectivity index (χ4v) is 5.96. The number of fused-ring (bicyclic) bond motifs is 2. The number of sulfonamides is 1. The third-order valence-corrected chi connectivity index (χ3v) is 8.36. The molecule has 2 aromatic rings. The van der Waals surface area contributed by atoms with Crippen molar-refractivity contribution >= 4 is 21.8 Å². The highest BCUT2D eigenvalue weighted by molar-refractivity contribution is 7.89. The number of rotatable bonds is 4. The van der Waals surface area contributed by atoms with E-state index in [1.54, 1.807) is 6.07 Å². The maximum absolute atomic E-state index is 14.1. The monoisotopic (exact) mass is 543 g/mol. The number of methoxy groups -OCH3 is 1. The number of carbonyl (C=O) groups excluding carboxylic acids is 2. The molecule has 0 saturated heterocycles. The first kappa shape index (κ1) is 27.9. The van der Waals surface area contributed by atoms with Gasteiger partial charge < -0.3 is 19.3 Å². The van der Waals surface area contributed by atoms with Crippen molar-refractivity contribution in [3.05, 3.63) is 53.6 Å². The molecule has 206 valence electrons. The molecule has 1 heterocycles. The van der Waals surface area contributed by atoms with Crippen LogP contribution in [0.25, 0.3) is 0 Å². The second-order valence-electron chi connectivity index (χ2n) is 9.86. The van der Waals surface area contributed by atoms with E-state index in [1.165, 1.54) is 25.3 Å². The van der Waals surface area contributed by atoms with E-state index in [0.717, 1.165) is 44.9 Å². The van der Waals surface area contributed by atoms with Gasteiger partial charge in [-0.05, 0) is 75.8 Å². The average Bonchev–Trinajstić information content (AvgIpc) is 2.92. The summed E-state index contributed by atoms with van der Waals surface area (Å²) in [5, 5.41) is 5.37. The fraction of sp³-hybridized carbons (Fsp3) is 0.500. The number of carbonyl (C=O) groups is 2. The molecule has 9 nitrogen and oxygen atoms in total. The molecule has 0 radical (unpaired) electrons. The van der Waals surface area contributed by atoms with Crippen LogP contribution in [0.4, 0.5) is 0 Å². The van der Waals surface area contributed by atoms with E-state index >= 15 is 0 Å². The van der Waals surface area contributed by atoms with E-state index in [4.69, 9.17) is 14.6 Å². The lowest BCUT2D eigenvalue weighted by atomic mass is 9.90. The molecule has 0 unspecified atom stereocenters. The van der Waals surface area contributed by atoms with Crippen molar-refractivity contribution in [2.45, 2.75) is 68.9 Å². The quantitative estimate of drug-likeness (QED) is 0.626. The van der Waals surface area contributed by atoms with Crippen LogP contribution >= 0.6 is 0 Å². The number of ether oxygens (including phenoxy) is 2. The predicted octanol–water partition coefficient (Wildman–Crippen LogP) is 3.82. The summed E-state index contributed by atoms with van der Waals surface area (Å²) in [4.78, 5) is 31.0. The minimum atomic E-state index is -4.01. The fourth-order valence-electron chi connectivity index (χ4n) is 5.42. The van der Waals surface area contributed by atoms with Crippen LogP contribution in [-0.4, -0.2) is 68.9 Å². The number of nitrogens with two attached hydrogens (primary N) is 1. The first-order valence-electron chi connectivity index (χ1n) is 13.3. The largest absolute Gasteiger partial charge is 0.496 e. The number of nitrogens with zero attached hydrogens (tertiary/aromatic N) is 2. The molecule has 38 heavy (non-hydrogen) atoms. The molecule has 2 atom stereocenters. The summed E-state index contributed by atoms with van der Waals surface area (Å²) >= 11 is 0. The van der Waals surface area contributed by atoms with Gasteiger partial charge in [-0.25, -0.2) is 13.6 Å². The number of primary sulfonamides is 1. The Bertz CT molecular complexity index is 1260. The smallest absolute Gasteiger partial charge is 0.258 e. The molecule has 1 fully saturated rings. The van der Waals surface area contributed by atoms with E-state index in [-0.39, 0.29) is 40.2 Å². The maximum atomic E-state index is 14.1. The van der Waals surface area contributed by atoms with Crippen molar-refractivity contribution in [2.24, 2.45) is 5.14 Å². The Kier molecular flexibility index (Phi) is 8.94. The Hall–Kier alpha value is -3.11. The average molecular weight is 544 g/mol. The lowest BCUT2D eigenvalue weighted by molar-refractivity contribution is 0.0270. The molecule has 1 saturated carbocycles. The molecule has 2 amide bonds. The van der Waals surface area contributed by atoms with Gasteiger partial charge in [-0.1, -0.05) is 18.6 Å². The van der Waals surface area contributed by atoms with Gasteiger partial charge in [0, 0.05) is 19.6 Å². The Morgan fingerprint density at radius 2 is 1.79 bits per heavy atom. The van der Waals surface area contributed by atoms with Crippen LogP contribution < -0.4 is 14.6 Å². The highest BCUT2D eigenvalue weighted by Crippen LogP contribution is 2.33. The molecule has 0 bridgehead atoms. The molecule has 10 heteroatoms. The number of para-hydroxylation sites is 1. The molecule has 2 N–H and O–H groups in total. The van der Waals surface area contributed by atoms with Crippen LogP contribution in [0.2, 0.25) is 0 Å². The van der Waals surface area contributed by atoms with Gasteiger partial charge in [-0.2, -0.15) is 0 Å². The molecule has 2 aromatic carbocycles. The Labute approximate surface area is 224 Å². The Balaban J connectivity index is 1.75. The van der Waals surface area contributed by atoms with Crippen molar-refractivity contribution in [2.75, 3.05) is 26.7 Å². The van der Waals surface area contributed by atoms with Gasteiger partial charge in [-0.15, -0.1) is 0 Å². The summed E-state index contributed by atoms with van der Waals surface area (Å²) in [5.74, 6) is 0.441.